The molecule has 0 aliphatic carbocycles. The first kappa shape index (κ1) is 18.1. The second kappa shape index (κ2) is 7.27. The predicted octanol–water partition coefficient (Wildman–Crippen LogP) is 2.88. The van der Waals surface area contributed by atoms with Gasteiger partial charge in [-0.15, -0.1) is 0 Å². The molecule has 0 unspecified atom stereocenters. The van der Waals surface area contributed by atoms with E-state index in [4.69, 9.17) is 11.6 Å². The smallest absolute Gasteiger partial charge is 0.303 e. The van der Waals surface area contributed by atoms with E-state index in [0.717, 1.165) is 12.6 Å². The molecule has 3 rings (SSSR count). The minimum atomic E-state index is -3.71. The van der Waals surface area contributed by atoms with Gasteiger partial charge in [0.25, 0.3) is 0 Å². The number of nitrogens with zero attached hydrogens (tertiary/aromatic N) is 3. The van der Waals surface area contributed by atoms with Gasteiger partial charge >= 0.3 is 5.97 Å². The Kier molecular flexibility index (Phi) is 5.06. The molecule has 0 amide bonds. The highest BCUT2D eigenvalue weighted by atomic mass is 35.5. The highest BCUT2D eigenvalue weighted by Gasteiger charge is 2.17. The maximum Gasteiger partial charge on any atom is 0.303 e. The number of benzene rings is 1. The lowest BCUT2D eigenvalue weighted by atomic mass is 10.2. The molecule has 2 heterocycles. The van der Waals surface area contributed by atoms with E-state index < -0.39 is 21.7 Å². The van der Waals surface area contributed by atoms with Gasteiger partial charge in [0.05, 0.1) is 28.1 Å². The molecule has 0 spiro atoms. The monoisotopic (exact) mass is 391 g/mol. The fraction of sp³-hybridized carbons (Fsp3) is 0.118. The maximum atomic E-state index is 12.1. The number of pyridine rings is 1. The number of hydrogen-bond donors (Lipinski definition) is 0. The van der Waals surface area contributed by atoms with Crippen LogP contribution in [-0.4, -0.2) is 34.9 Å². The van der Waals surface area contributed by atoms with Crippen molar-refractivity contribution >= 4 is 27.4 Å². The third-order valence-electron chi connectivity index (χ3n) is 3.57. The first-order valence-electron chi connectivity index (χ1n) is 7.47. The summed E-state index contributed by atoms with van der Waals surface area (Å²) >= 11 is 6.22. The molecule has 0 N–H and O–H groups in total. The molecular weight excluding hydrogens is 378 g/mol. The van der Waals surface area contributed by atoms with E-state index in [1.807, 2.05) is 0 Å². The number of imidazole rings is 1. The molecule has 0 bridgehead atoms. The Morgan fingerprint density at radius 2 is 1.88 bits per heavy atom. The molecule has 1 aromatic carbocycles. The van der Waals surface area contributed by atoms with Crippen LogP contribution in [0, 0.1) is 0 Å². The number of carbonyl (C=O) groups excluding carboxylic acids is 1. The Morgan fingerprint density at radius 1 is 1.15 bits per heavy atom. The summed E-state index contributed by atoms with van der Waals surface area (Å²) in [6.45, 7) is 1.16. The molecule has 0 atom stereocenters. The van der Waals surface area contributed by atoms with E-state index >= 15 is 0 Å². The van der Waals surface area contributed by atoms with Crippen LogP contribution in [0.3, 0.4) is 0 Å². The summed E-state index contributed by atoms with van der Waals surface area (Å²) in [6, 6.07) is 7.84. The number of halogens is 1. The molecule has 134 valence electrons. The van der Waals surface area contributed by atoms with Crippen molar-refractivity contribution < 1.29 is 17.9 Å². The van der Waals surface area contributed by atoms with Crippen LogP contribution in [0.4, 0.5) is 0 Å². The van der Waals surface area contributed by atoms with Crippen molar-refractivity contribution in [1.29, 1.82) is 0 Å². The van der Waals surface area contributed by atoms with Gasteiger partial charge in [0.1, 0.15) is 0 Å². The molecular formula is C17H14ClN3O4S. The van der Waals surface area contributed by atoms with Crippen LogP contribution in [0.2, 0.25) is 5.02 Å². The molecule has 0 fully saturated rings. The van der Waals surface area contributed by atoms with Crippen molar-refractivity contribution in [3.8, 4) is 16.9 Å². The quantitative estimate of drug-likeness (QED) is 0.621. The number of ether oxygens (including phenoxy) is 1. The van der Waals surface area contributed by atoms with Crippen LogP contribution in [0.25, 0.3) is 16.9 Å². The maximum absolute atomic E-state index is 12.1. The van der Waals surface area contributed by atoms with Crippen LogP contribution in [0.15, 0.2) is 60.1 Å². The Balaban J connectivity index is 1.93. The number of hydrogen-bond acceptors (Lipinski definition) is 6. The molecule has 0 aliphatic rings. The van der Waals surface area contributed by atoms with Crippen molar-refractivity contribution in [2.24, 2.45) is 0 Å². The van der Waals surface area contributed by atoms with Crippen LogP contribution < -0.4 is 0 Å². The lowest BCUT2D eigenvalue weighted by Gasteiger charge is -2.10. The summed E-state index contributed by atoms with van der Waals surface area (Å²) < 4.78 is 30.7. The van der Waals surface area contributed by atoms with Gasteiger partial charge in [0.15, 0.2) is 5.94 Å². The largest absolute Gasteiger partial charge is 0.449 e. The summed E-state index contributed by atoms with van der Waals surface area (Å²) in [5.74, 6) is -1.34. The minimum absolute atomic E-state index is 0.0589. The lowest BCUT2D eigenvalue weighted by Crippen LogP contribution is -2.12. The minimum Gasteiger partial charge on any atom is -0.449 e. The van der Waals surface area contributed by atoms with Gasteiger partial charge in [-0.2, -0.15) is 0 Å². The van der Waals surface area contributed by atoms with E-state index in [1.165, 1.54) is 12.1 Å². The third-order valence-corrected chi connectivity index (χ3v) is 5.32. The average Bonchev–Trinajstić information content (AvgIpc) is 3.10. The van der Waals surface area contributed by atoms with Gasteiger partial charge in [0, 0.05) is 30.6 Å². The second-order valence-electron chi connectivity index (χ2n) is 5.37. The van der Waals surface area contributed by atoms with Gasteiger partial charge in [-0.3, -0.25) is 14.3 Å². The third kappa shape index (κ3) is 3.76. The van der Waals surface area contributed by atoms with Gasteiger partial charge < -0.3 is 4.74 Å². The predicted molar refractivity (Wildman–Crippen MR) is 95.6 cm³/mol. The van der Waals surface area contributed by atoms with Crippen molar-refractivity contribution in [3.05, 3.63) is 60.3 Å². The molecule has 3 aromatic rings. The van der Waals surface area contributed by atoms with E-state index in [1.54, 1.807) is 47.7 Å². The fourth-order valence-corrected chi connectivity index (χ4v) is 3.52. The summed E-state index contributed by atoms with van der Waals surface area (Å²) in [4.78, 5) is 19.1. The molecule has 0 saturated heterocycles. The van der Waals surface area contributed by atoms with E-state index in [0.29, 0.717) is 16.3 Å². The SMILES string of the molecule is CC(=O)OCS(=O)(=O)c1ccc(-n2cncc2-c2cnccc2Cl)cc1. The van der Waals surface area contributed by atoms with E-state index in [2.05, 4.69) is 14.7 Å². The number of rotatable bonds is 5. The van der Waals surface area contributed by atoms with E-state index in [9.17, 15) is 13.2 Å². The van der Waals surface area contributed by atoms with Crippen molar-refractivity contribution in [1.82, 2.24) is 14.5 Å². The normalized spacial score (nSPS) is 11.3. The van der Waals surface area contributed by atoms with Gasteiger partial charge in [0.2, 0.25) is 9.84 Å². The molecule has 0 radical (unpaired) electrons. The zero-order valence-electron chi connectivity index (χ0n) is 13.7. The van der Waals surface area contributed by atoms with Gasteiger partial charge in [-0.1, -0.05) is 11.6 Å². The zero-order chi connectivity index (χ0) is 18.7. The standard InChI is InChI=1S/C17H14ClN3O4S/c1-12(22)25-11-26(23,24)14-4-2-13(3-5-14)21-10-20-9-17(21)15-8-19-7-6-16(15)18/h2-10H,11H2,1H3. The van der Waals surface area contributed by atoms with Crippen molar-refractivity contribution in [2.45, 2.75) is 11.8 Å². The van der Waals surface area contributed by atoms with Crippen LogP contribution in [0.5, 0.6) is 0 Å². The number of carbonyl (C=O) groups is 1. The van der Waals surface area contributed by atoms with Crippen LogP contribution in [0.1, 0.15) is 6.92 Å². The Labute approximate surface area is 155 Å². The number of aromatic nitrogens is 3. The first-order chi connectivity index (χ1) is 12.4. The summed E-state index contributed by atoms with van der Waals surface area (Å²) in [5.41, 5.74) is 2.13. The highest BCUT2D eigenvalue weighted by molar-refractivity contribution is 7.91. The number of esters is 1. The average molecular weight is 392 g/mol. The molecule has 9 heteroatoms. The van der Waals surface area contributed by atoms with Crippen molar-refractivity contribution in [2.75, 3.05) is 5.94 Å². The summed E-state index contributed by atoms with van der Waals surface area (Å²) in [5, 5.41) is 0.530. The molecule has 2 aromatic heterocycles. The summed E-state index contributed by atoms with van der Waals surface area (Å²) in [6.07, 6.45) is 6.47. The Bertz CT molecular complexity index is 1050. The molecule has 7 nitrogen and oxygen atoms in total. The zero-order valence-corrected chi connectivity index (χ0v) is 15.2. The lowest BCUT2D eigenvalue weighted by molar-refractivity contribution is -0.138. The second-order valence-corrected chi connectivity index (χ2v) is 7.71. The van der Waals surface area contributed by atoms with Crippen LogP contribution >= 0.6 is 11.6 Å². The van der Waals surface area contributed by atoms with Crippen LogP contribution in [-0.2, 0) is 19.4 Å². The van der Waals surface area contributed by atoms with Gasteiger partial charge in [-0.05, 0) is 30.3 Å². The van der Waals surface area contributed by atoms with Crippen molar-refractivity contribution in [3.63, 3.8) is 0 Å². The molecule has 26 heavy (non-hydrogen) atoms. The molecule has 0 aliphatic heterocycles. The number of sulfone groups is 1. The highest BCUT2D eigenvalue weighted by Crippen LogP contribution is 2.28. The van der Waals surface area contributed by atoms with Gasteiger partial charge in [-0.25, -0.2) is 13.4 Å². The fourth-order valence-electron chi connectivity index (χ4n) is 2.31. The Morgan fingerprint density at radius 3 is 2.54 bits per heavy atom. The topological polar surface area (TPSA) is 91.2 Å². The first-order valence-corrected chi connectivity index (χ1v) is 9.50. The summed E-state index contributed by atoms with van der Waals surface area (Å²) in [7, 11) is -3.71. The van der Waals surface area contributed by atoms with E-state index in [-0.39, 0.29) is 4.90 Å². The Hall–Kier alpha value is -2.71. The molecule has 0 saturated carbocycles.